The van der Waals surface area contributed by atoms with Gasteiger partial charge in [0.15, 0.2) is 0 Å². The van der Waals surface area contributed by atoms with Crippen LogP contribution < -0.4 is 4.90 Å². The Morgan fingerprint density at radius 3 is 2.60 bits per heavy atom. The molecule has 15 heavy (non-hydrogen) atoms. The molecule has 0 radical (unpaired) electrons. The van der Waals surface area contributed by atoms with Crippen molar-refractivity contribution in [3.05, 3.63) is 30.1 Å². The van der Waals surface area contributed by atoms with Crippen molar-refractivity contribution in [3.63, 3.8) is 0 Å². The second-order valence-corrected chi connectivity index (χ2v) is 4.59. The zero-order valence-electron chi connectivity index (χ0n) is 8.86. The van der Waals surface area contributed by atoms with Gasteiger partial charge in [-0.25, -0.2) is 4.39 Å². The number of rotatable bonds is 1. The number of piperazine rings is 1. The van der Waals surface area contributed by atoms with Crippen LogP contribution in [0.3, 0.4) is 0 Å². The predicted octanol–water partition coefficient (Wildman–Crippen LogP) is 1.72. The molecule has 0 saturated carbocycles. The highest BCUT2D eigenvalue weighted by Crippen LogP contribution is 2.32. The van der Waals surface area contributed by atoms with Crippen LogP contribution in [0.4, 0.5) is 10.1 Å². The van der Waals surface area contributed by atoms with E-state index in [0.717, 1.165) is 18.8 Å². The lowest BCUT2D eigenvalue weighted by molar-refractivity contribution is 0.0264. The second kappa shape index (κ2) is 3.20. The molecule has 1 aromatic carbocycles. The van der Waals surface area contributed by atoms with Gasteiger partial charge in [0.2, 0.25) is 0 Å². The van der Waals surface area contributed by atoms with Crippen LogP contribution >= 0.6 is 0 Å². The second-order valence-electron chi connectivity index (χ2n) is 4.59. The fourth-order valence-corrected chi connectivity index (χ4v) is 2.68. The smallest absolute Gasteiger partial charge is 0.125 e. The molecule has 3 fully saturated rings. The van der Waals surface area contributed by atoms with E-state index >= 15 is 0 Å². The van der Waals surface area contributed by atoms with Crippen molar-refractivity contribution in [2.75, 3.05) is 25.0 Å². The van der Waals surface area contributed by atoms with Crippen molar-refractivity contribution in [1.29, 1.82) is 0 Å². The number of halogens is 1. The average molecular weight is 206 g/mol. The Bertz CT molecular complexity index is 368. The van der Waals surface area contributed by atoms with Crippen LogP contribution in [0.25, 0.3) is 0 Å². The van der Waals surface area contributed by atoms with Gasteiger partial charge < -0.3 is 4.90 Å². The number of anilines is 1. The van der Waals surface area contributed by atoms with Crippen LogP contribution in [0, 0.1) is 5.82 Å². The van der Waals surface area contributed by atoms with E-state index in [1.54, 1.807) is 12.1 Å². The van der Waals surface area contributed by atoms with Gasteiger partial charge in [-0.1, -0.05) is 6.07 Å². The average Bonchev–Trinajstić information content (AvgIpc) is 2.28. The fourth-order valence-electron chi connectivity index (χ4n) is 2.68. The summed E-state index contributed by atoms with van der Waals surface area (Å²) in [5.41, 5.74) is 1.03. The van der Waals surface area contributed by atoms with E-state index in [1.165, 1.54) is 12.5 Å². The molecule has 3 heterocycles. The van der Waals surface area contributed by atoms with Crippen LogP contribution in [0.15, 0.2) is 24.3 Å². The summed E-state index contributed by atoms with van der Waals surface area (Å²) in [5.74, 6) is -0.139. The molecule has 0 amide bonds. The van der Waals surface area contributed by atoms with E-state index in [4.69, 9.17) is 0 Å². The Kier molecular flexibility index (Phi) is 1.96. The van der Waals surface area contributed by atoms with Crippen LogP contribution in [0.1, 0.15) is 6.42 Å². The van der Waals surface area contributed by atoms with Gasteiger partial charge in [0, 0.05) is 30.9 Å². The molecule has 2 unspecified atom stereocenters. The molecule has 0 aromatic heterocycles. The first-order valence-corrected chi connectivity index (χ1v) is 5.46. The van der Waals surface area contributed by atoms with Crippen LogP contribution in [-0.2, 0) is 0 Å². The Morgan fingerprint density at radius 2 is 2.00 bits per heavy atom. The van der Waals surface area contributed by atoms with Crippen molar-refractivity contribution in [3.8, 4) is 0 Å². The summed E-state index contributed by atoms with van der Waals surface area (Å²) in [6, 6.07) is 8.26. The van der Waals surface area contributed by atoms with E-state index in [2.05, 4.69) is 16.8 Å². The number of nitrogens with zero attached hydrogens (tertiary/aromatic N) is 2. The number of benzene rings is 1. The maximum Gasteiger partial charge on any atom is 0.125 e. The van der Waals surface area contributed by atoms with Gasteiger partial charge in [0.1, 0.15) is 5.82 Å². The SMILES string of the molecule is CN1C2CC1CN(c1cccc(F)c1)C2. The maximum atomic E-state index is 13.1. The first kappa shape index (κ1) is 9.16. The van der Waals surface area contributed by atoms with Crippen molar-refractivity contribution in [2.45, 2.75) is 18.5 Å². The van der Waals surface area contributed by atoms with Gasteiger partial charge in [-0.15, -0.1) is 0 Å². The molecule has 1 aromatic rings. The third-order valence-corrected chi connectivity index (χ3v) is 3.73. The van der Waals surface area contributed by atoms with E-state index in [-0.39, 0.29) is 5.82 Å². The minimum atomic E-state index is -0.139. The first-order chi connectivity index (χ1) is 7.24. The summed E-state index contributed by atoms with van der Waals surface area (Å²) < 4.78 is 13.1. The molecule has 2 atom stereocenters. The summed E-state index contributed by atoms with van der Waals surface area (Å²) in [4.78, 5) is 4.72. The Morgan fingerprint density at radius 1 is 1.27 bits per heavy atom. The number of piperidine rings is 1. The Hall–Kier alpha value is -1.09. The lowest BCUT2D eigenvalue weighted by Gasteiger charge is -2.55. The molecule has 2 nitrogen and oxygen atoms in total. The fraction of sp³-hybridized carbons (Fsp3) is 0.500. The largest absolute Gasteiger partial charge is 0.368 e. The Labute approximate surface area is 89.3 Å². The standard InChI is InChI=1S/C12H15FN2/c1-14-11-6-12(14)8-15(7-11)10-4-2-3-9(13)5-10/h2-5,11-12H,6-8H2,1H3. The molecular weight excluding hydrogens is 191 g/mol. The highest BCUT2D eigenvalue weighted by atomic mass is 19.1. The first-order valence-electron chi connectivity index (χ1n) is 5.46. The summed E-state index contributed by atoms with van der Waals surface area (Å²) in [6.07, 6.45) is 1.31. The highest BCUT2D eigenvalue weighted by Gasteiger charge is 2.41. The van der Waals surface area contributed by atoms with Crippen LogP contribution in [-0.4, -0.2) is 37.1 Å². The molecule has 3 aliphatic heterocycles. The van der Waals surface area contributed by atoms with Gasteiger partial charge in [0.25, 0.3) is 0 Å². The molecule has 0 spiro atoms. The topological polar surface area (TPSA) is 6.48 Å². The number of fused-ring (bicyclic) bond motifs is 2. The molecule has 3 heteroatoms. The lowest BCUT2D eigenvalue weighted by atomic mass is 9.88. The van der Waals surface area contributed by atoms with Crippen molar-refractivity contribution < 1.29 is 4.39 Å². The number of hydrogen-bond acceptors (Lipinski definition) is 2. The molecule has 4 rings (SSSR count). The molecule has 0 N–H and O–H groups in total. The molecule has 80 valence electrons. The van der Waals surface area contributed by atoms with Crippen LogP contribution in [0.2, 0.25) is 0 Å². The minimum absolute atomic E-state index is 0.139. The van der Waals surface area contributed by atoms with Crippen LogP contribution in [0.5, 0.6) is 0 Å². The van der Waals surface area contributed by atoms with E-state index in [1.807, 2.05) is 6.07 Å². The predicted molar refractivity (Wildman–Crippen MR) is 58.6 cm³/mol. The quantitative estimate of drug-likeness (QED) is 0.690. The van der Waals surface area contributed by atoms with Gasteiger partial charge in [-0.2, -0.15) is 0 Å². The number of likely N-dealkylation sites (N-methyl/N-ethyl adjacent to an activating group) is 1. The number of hydrogen-bond donors (Lipinski definition) is 0. The normalized spacial score (nSPS) is 30.1. The third-order valence-electron chi connectivity index (χ3n) is 3.73. The van der Waals surface area contributed by atoms with E-state index in [0.29, 0.717) is 12.1 Å². The van der Waals surface area contributed by atoms with E-state index < -0.39 is 0 Å². The minimum Gasteiger partial charge on any atom is -0.368 e. The monoisotopic (exact) mass is 206 g/mol. The van der Waals surface area contributed by atoms with Crippen molar-refractivity contribution >= 4 is 5.69 Å². The van der Waals surface area contributed by atoms with Gasteiger partial charge in [-0.05, 0) is 31.7 Å². The molecular formula is C12H15FN2. The summed E-state index contributed by atoms with van der Waals surface area (Å²) >= 11 is 0. The molecule has 2 bridgehead atoms. The van der Waals surface area contributed by atoms with Crippen molar-refractivity contribution in [1.82, 2.24) is 4.90 Å². The van der Waals surface area contributed by atoms with Crippen molar-refractivity contribution in [2.24, 2.45) is 0 Å². The molecule has 3 aliphatic rings. The summed E-state index contributed by atoms with van der Waals surface area (Å²) in [6.45, 7) is 2.08. The zero-order valence-corrected chi connectivity index (χ0v) is 8.86. The Balaban J connectivity index is 1.79. The lowest BCUT2D eigenvalue weighted by Crippen LogP contribution is -2.67. The molecule has 3 saturated heterocycles. The third kappa shape index (κ3) is 1.42. The van der Waals surface area contributed by atoms with E-state index in [9.17, 15) is 4.39 Å². The summed E-state index contributed by atoms with van der Waals surface area (Å²) in [5, 5.41) is 0. The molecule has 0 aliphatic carbocycles. The van der Waals surface area contributed by atoms with Gasteiger partial charge in [0.05, 0.1) is 0 Å². The highest BCUT2D eigenvalue weighted by molar-refractivity contribution is 5.48. The maximum absolute atomic E-state index is 13.1. The van der Waals surface area contributed by atoms with Gasteiger partial charge in [-0.3, -0.25) is 4.90 Å². The summed E-state index contributed by atoms with van der Waals surface area (Å²) in [7, 11) is 2.18. The van der Waals surface area contributed by atoms with Gasteiger partial charge >= 0.3 is 0 Å². The zero-order chi connectivity index (χ0) is 10.4.